The van der Waals surface area contributed by atoms with Crippen LogP contribution in [0.3, 0.4) is 0 Å². The van der Waals surface area contributed by atoms with Gasteiger partial charge in [0.15, 0.2) is 0 Å². The van der Waals surface area contributed by atoms with Crippen LogP contribution in [-0.4, -0.2) is 54.0 Å². The minimum atomic E-state index is -0.718. The van der Waals surface area contributed by atoms with E-state index in [9.17, 15) is 5.11 Å². The number of aliphatic hydroxyl groups is 1. The van der Waals surface area contributed by atoms with Gasteiger partial charge in [-0.2, -0.15) is 0 Å². The normalized spacial score (nSPS) is 52.9. The van der Waals surface area contributed by atoms with Crippen LogP contribution in [0.1, 0.15) is 25.7 Å². The lowest BCUT2D eigenvalue weighted by Gasteiger charge is -2.58. The standard InChI is InChI=1S/C12H22N2O2/c13-11(4-1-7-16-9-11)12(15)8-14-5-2-10(12)3-6-14/h10,15H,1-9,13H2. The Labute approximate surface area is 96.7 Å². The van der Waals surface area contributed by atoms with Gasteiger partial charge in [-0.1, -0.05) is 0 Å². The fourth-order valence-electron chi connectivity index (χ4n) is 3.76. The largest absolute Gasteiger partial charge is 0.386 e. The summed E-state index contributed by atoms with van der Waals surface area (Å²) in [5.74, 6) is 0.379. The lowest BCUT2D eigenvalue weighted by Crippen LogP contribution is -2.75. The fourth-order valence-corrected chi connectivity index (χ4v) is 3.76. The van der Waals surface area contributed by atoms with E-state index in [2.05, 4.69) is 4.90 Å². The van der Waals surface area contributed by atoms with E-state index in [1.54, 1.807) is 0 Å². The zero-order chi connectivity index (χ0) is 11.2. The molecule has 2 bridgehead atoms. The van der Waals surface area contributed by atoms with Crippen molar-refractivity contribution in [3.63, 3.8) is 0 Å². The van der Waals surface area contributed by atoms with E-state index in [-0.39, 0.29) is 0 Å². The molecule has 4 rings (SSSR count). The molecule has 0 saturated carbocycles. The molecule has 0 radical (unpaired) electrons. The van der Waals surface area contributed by atoms with Crippen molar-refractivity contribution in [2.24, 2.45) is 11.7 Å². The van der Waals surface area contributed by atoms with Gasteiger partial charge in [0.05, 0.1) is 12.1 Å². The number of nitrogens with zero attached hydrogens (tertiary/aromatic N) is 1. The van der Waals surface area contributed by atoms with Crippen molar-refractivity contribution >= 4 is 0 Å². The molecular weight excluding hydrogens is 204 g/mol. The lowest BCUT2D eigenvalue weighted by molar-refractivity contribution is -0.181. The van der Waals surface area contributed by atoms with Gasteiger partial charge >= 0.3 is 0 Å². The Hall–Kier alpha value is -0.160. The number of ether oxygens (including phenoxy) is 1. The second-order valence-corrected chi connectivity index (χ2v) is 5.79. The van der Waals surface area contributed by atoms with E-state index in [0.29, 0.717) is 12.5 Å². The van der Waals surface area contributed by atoms with Gasteiger partial charge in [-0.05, 0) is 44.7 Å². The van der Waals surface area contributed by atoms with E-state index in [0.717, 1.165) is 51.9 Å². The number of hydrogen-bond acceptors (Lipinski definition) is 4. The molecule has 4 aliphatic heterocycles. The summed E-state index contributed by atoms with van der Waals surface area (Å²) in [4.78, 5) is 2.35. The molecule has 0 aromatic heterocycles. The first-order valence-corrected chi connectivity index (χ1v) is 6.45. The van der Waals surface area contributed by atoms with Crippen LogP contribution in [0.4, 0.5) is 0 Å². The van der Waals surface area contributed by atoms with Gasteiger partial charge in [-0.25, -0.2) is 0 Å². The van der Waals surface area contributed by atoms with E-state index in [4.69, 9.17) is 10.5 Å². The first kappa shape index (κ1) is 11.0. The molecule has 4 nitrogen and oxygen atoms in total. The predicted molar refractivity (Wildman–Crippen MR) is 61.1 cm³/mol. The molecule has 0 amide bonds. The minimum Gasteiger partial charge on any atom is -0.386 e. The molecule has 4 heterocycles. The molecule has 2 unspecified atom stereocenters. The Morgan fingerprint density at radius 2 is 2.06 bits per heavy atom. The summed E-state index contributed by atoms with van der Waals surface area (Å²) in [5, 5.41) is 11.0. The summed E-state index contributed by atoms with van der Waals surface area (Å²) in [5.41, 5.74) is 5.22. The highest BCUT2D eigenvalue weighted by molar-refractivity contribution is 5.13. The number of nitrogens with two attached hydrogens (primary N) is 1. The zero-order valence-corrected chi connectivity index (χ0v) is 9.82. The second-order valence-electron chi connectivity index (χ2n) is 5.79. The average molecular weight is 226 g/mol. The van der Waals surface area contributed by atoms with Crippen molar-refractivity contribution in [1.82, 2.24) is 4.90 Å². The van der Waals surface area contributed by atoms with Gasteiger partial charge in [-0.15, -0.1) is 0 Å². The highest BCUT2D eigenvalue weighted by Gasteiger charge is 2.57. The van der Waals surface area contributed by atoms with Crippen molar-refractivity contribution in [2.75, 3.05) is 32.8 Å². The monoisotopic (exact) mass is 226 g/mol. The molecule has 0 spiro atoms. The summed E-state index contributed by atoms with van der Waals surface area (Å²) in [7, 11) is 0. The Morgan fingerprint density at radius 1 is 1.31 bits per heavy atom. The van der Waals surface area contributed by atoms with Gasteiger partial charge in [-0.3, -0.25) is 0 Å². The molecule has 0 aromatic carbocycles. The summed E-state index contributed by atoms with van der Waals surface area (Å²) in [6, 6.07) is 0. The van der Waals surface area contributed by atoms with Gasteiger partial charge in [0.1, 0.15) is 5.60 Å². The zero-order valence-electron chi connectivity index (χ0n) is 9.82. The topological polar surface area (TPSA) is 58.7 Å². The maximum Gasteiger partial charge on any atom is 0.100 e. The Balaban J connectivity index is 1.86. The van der Waals surface area contributed by atoms with Crippen LogP contribution in [0.25, 0.3) is 0 Å². The van der Waals surface area contributed by atoms with Crippen LogP contribution in [0.5, 0.6) is 0 Å². The maximum absolute atomic E-state index is 11.0. The van der Waals surface area contributed by atoms with Crippen LogP contribution in [0.15, 0.2) is 0 Å². The first-order chi connectivity index (χ1) is 7.64. The number of hydrogen-bond donors (Lipinski definition) is 2. The van der Waals surface area contributed by atoms with Crippen molar-refractivity contribution in [1.29, 1.82) is 0 Å². The molecule has 16 heavy (non-hydrogen) atoms. The molecule has 4 heteroatoms. The maximum atomic E-state index is 11.0. The number of fused-ring (bicyclic) bond motifs is 3. The van der Waals surface area contributed by atoms with E-state index in [1.165, 1.54) is 0 Å². The summed E-state index contributed by atoms with van der Waals surface area (Å²) < 4.78 is 5.51. The predicted octanol–water partition coefficient (Wildman–Crippen LogP) is -0.0490. The van der Waals surface area contributed by atoms with Crippen molar-refractivity contribution in [3.8, 4) is 0 Å². The summed E-state index contributed by atoms with van der Waals surface area (Å²) in [6.07, 6.45) is 4.06. The summed E-state index contributed by atoms with van der Waals surface area (Å²) >= 11 is 0. The fraction of sp³-hybridized carbons (Fsp3) is 1.00. The van der Waals surface area contributed by atoms with Gasteiger partial charge in [0.25, 0.3) is 0 Å². The van der Waals surface area contributed by atoms with Gasteiger partial charge in [0.2, 0.25) is 0 Å². The van der Waals surface area contributed by atoms with Crippen LogP contribution in [0.2, 0.25) is 0 Å². The molecule has 0 aliphatic carbocycles. The van der Waals surface area contributed by atoms with E-state index in [1.807, 2.05) is 0 Å². The number of rotatable bonds is 1. The minimum absolute atomic E-state index is 0.379. The van der Waals surface area contributed by atoms with Crippen molar-refractivity contribution in [3.05, 3.63) is 0 Å². The molecular formula is C12H22N2O2. The van der Waals surface area contributed by atoms with Gasteiger partial charge in [0, 0.05) is 13.2 Å². The molecule has 2 atom stereocenters. The van der Waals surface area contributed by atoms with Gasteiger partial charge < -0.3 is 20.5 Å². The summed E-state index contributed by atoms with van der Waals surface area (Å²) in [6.45, 7) is 4.32. The molecule has 3 N–H and O–H groups in total. The molecule has 4 fully saturated rings. The van der Waals surface area contributed by atoms with Crippen molar-refractivity contribution < 1.29 is 9.84 Å². The highest BCUT2D eigenvalue weighted by Crippen LogP contribution is 2.43. The molecule has 92 valence electrons. The first-order valence-electron chi connectivity index (χ1n) is 6.45. The second kappa shape index (κ2) is 3.67. The van der Waals surface area contributed by atoms with Crippen LogP contribution in [0, 0.1) is 5.92 Å². The van der Waals surface area contributed by atoms with Crippen LogP contribution in [-0.2, 0) is 4.74 Å². The lowest BCUT2D eigenvalue weighted by atomic mass is 9.63. The molecule has 4 aliphatic rings. The molecule has 4 saturated heterocycles. The molecule has 0 aromatic rings. The SMILES string of the molecule is NC1(C2(O)CN3CCC2CC3)CCCOC1. The highest BCUT2D eigenvalue weighted by atomic mass is 16.5. The quantitative estimate of drug-likeness (QED) is 0.658. The smallest absolute Gasteiger partial charge is 0.100 e. The van der Waals surface area contributed by atoms with E-state index < -0.39 is 11.1 Å². The third kappa shape index (κ3) is 1.44. The Kier molecular flexibility index (Phi) is 2.51. The third-order valence-electron chi connectivity index (χ3n) is 4.86. The number of piperidine rings is 3. The van der Waals surface area contributed by atoms with E-state index >= 15 is 0 Å². The average Bonchev–Trinajstić information content (AvgIpc) is 2.31. The van der Waals surface area contributed by atoms with Crippen LogP contribution < -0.4 is 5.73 Å². The Morgan fingerprint density at radius 3 is 2.56 bits per heavy atom. The third-order valence-corrected chi connectivity index (χ3v) is 4.86. The van der Waals surface area contributed by atoms with Crippen LogP contribution >= 0.6 is 0 Å². The van der Waals surface area contributed by atoms with Crippen molar-refractivity contribution in [2.45, 2.75) is 36.8 Å². The Bertz CT molecular complexity index is 270.